The van der Waals surface area contributed by atoms with Crippen LogP contribution in [0.1, 0.15) is 37.3 Å². The van der Waals surface area contributed by atoms with Gasteiger partial charge in [0.15, 0.2) is 0 Å². The molecular formula is C24H29NO5. The van der Waals surface area contributed by atoms with Crippen LogP contribution in [0.4, 0.5) is 0 Å². The molecule has 0 aliphatic carbocycles. The first-order chi connectivity index (χ1) is 14.7. The molecule has 1 aliphatic rings. The number of hydrogen-bond donors (Lipinski definition) is 0. The molecule has 0 spiro atoms. The molecule has 6 nitrogen and oxygen atoms in total. The van der Waals surface area contributed by atoms with Crippen LogP contribution in [-0.2, 0) is 25.5 Å². The van der Waals surface area contributed by atoms with E-state index in [1.165, 1.54) is 5.56 Å². The van der Waals surface area contributed by atoms with Crippen molar-refractivity contribution in [2.75, 3.05) is 20.3 Å². The van der Waals surface area contributed by atoms with Gasteiger partial charge in [-0.05, 0) is 43.9 Å². The van der Waals surface area contributed by atoms with Crippen molar-refractivity contribution in [3.63, 3.8) is 0 Å². The van der Waals surface area contributed by atoms with Crippen LogP contribution in [0.25, 0.3) is 0 Å². The third-order valence-electron chi connectivity index (χ3n) is 4.96. The van der Waals surface area contributed by atoms with Crippen LogP contribution in [-0.4, -0.2) is 44.2 Å². The van der Waals surface area contributed by atoms with E-state index in [-0.39, 0.29) is 12.1 Å². The normalized spacial score (nSPS) is 16.5. The number of esters is 1. The van der Waals surface area contributed by atoms with Crippen molar-refractivity contribution in [2.45, 2.75) is 44.8 Å². The van der Waals surface area contributed by atoms with E-state index in [4.69, 9.17) is 19.0 Å². The van der Waals surface area contributed by atoms with Crippen molar-refractivity contribution in [2.24, 2.45) is 5.16 Å². The summed E-state index contributed by atoms with van der Waals surface area (Å²) in [4.78, 5) is 17.0. The van der Waals surface area contributed by atoms with Gasteiger partial charge in [-0.15, -0.1) is 0 Å². The lowest BCUT2D eigenvalue weighted by Crippen LogP contribution is -2.23. The van der Waals surface area contributed by atoms with E-state index in [9.17, 15) is 4.79 Å². The fourth-order valence-electron chi connectivity index (χ4n) is 3.36. The van der Waals surface area contributed by atoms with E-state index in [1.807, 2.05) is 42.5 Å². The fraction of sp³-hybridized carbons (Fsp3) is 0.417. The maximum atomic E-state index is 11.8. The molecule has 2 atom stereocenters. The van der Waals surface area contributed by atoms with Crippen LogP contribution in [0.15, 0.2) is 59.8 Å². The van der Waals surface area contributed by atoms with Gasteiger partial charge in [-0.3, -0.25) is 0 Å². The van der Waals surface area contributed by atoms with E-state index in [0.29, 0.717) is 19.6 Å². The van der Waals surface area contributed by atoms with Crippen LogP contribution in [0.2, 0.25) is 0 Å². The monoisotopic (exact) mass is 411 g/mol. The molecule has 0 N–H and O–H groups in total. The summed E-state index contributed by atoms with van der Waals surface area (Å²) < 4.78 is 16.5. The van der Waals surface area contributed by atoms with Crippen LogP contribution < -0.4 is 4.74 Å². The lowest BCUT2D eigenvalue weighted by molar-refractivity contribution is -0.154. The second-order valence-corrected chi connectivity index (χ2v) is 7.15. The first kappa shape index (κ1) is 21.8. The Hall–Kier alpha value is -2.86. The van der Waals surface area contributed by atoms with Crippen LogP contribution >= 0.6 is 0 Å². The third-order valence-corrected chi connectivity index (χ3v) is 4.96. The van der Waals surface area contributed by atoms with E-state index in [0.717, 1.165) is 36.3 Å². The largest absolute Gasteiger partial charge is 0.494 e. The zero-order chi connectivity index (χ0) is 21.2. The van der Waals surface area contributed by atoms with E-state index in [1.54, 1.807) is 14.0 Å². The van der Waals surface area contributed by atoms with Gasteiger partial charge in [-0.25, -0.2) is 4.79 Å². The Morgan fingerprint density at radius 1 is 1.20 bits per heavy atom. The quantitative estimate of drug-likeness (QED) is 0.410. The van der Waals surface area contributed by atoms with Gasteiger partial charge in [0, 0.05) is 19.1 Å². The number of benzene rings is 2. The molecule has 0 amide bonds. The number of hydrogen-bond acceptors (Lipinski definition) is 6. The first-order valence-corrected chi connectivity index (χ1v) is 10.4. The Morgan fingerprint density at radius 2 is 2.03 bits per heavy atom. The molecular weight excluding hydrogens is 382 g/mol. The molecule has 2 unspecified atom stereocenters. The van der Waals surface area contributed by atoms with Crippen molar-refractivity contribution in [3.8, 4) is 5.75 Å². The summed E-state index contributed by atoms with van der Waals surface area (Å²) in [5, 5.41) is 4.05. The summed E-state index contributed by atoms with van der Waals surface area (Å²) in [5.74, 6) is 0.388. The van der Waals surface area contributed by atoms with Gasteiger partial charge in [-0.1, -0.05) is 47.6 Å². The predicted molar refractivity (Wildman–Crippen MR) is 115 cm³/mol. The molecule has 160 valence electrons. The predicted octanol–water partition coefficient (Wildman–Crippen LogP) is 4.16. The summed E-state index contributed by atoms with van der Waals surface area (Å²) in [6.45, 7) is 2.70. The highest BCUT2D eigenvalue weighted by Crippen LogP contribution is 2.21. The highest BCUT2D eigenvalue weighted by Gasteiger charge is 2.30. The summed E-state index contributed by atoms with van der Waals surface area (Å²) in [7, 11) is 1.76. The minimum absolute atomic E-state index is 0.173. The highest BCUT2D eigenvalue weighted by molar-refractivity contribution is 6.03. The van der Waals surface area contributed by atoms with Gasteiger partial charge in [0.25, 0.3) is 0 Å². The molecule has 0 aromatic heterocycles. The zero-order valence-corrected chi connectivity index (χ0v) is 17.6. The second-order valence-electron chi connectivity index (χ2n) is 7.15. The number of rotatable bonds is 11. The second kappa shape index (κ2) is 11.4. The van der Waals surface area contributed by atoms with Gasteiger partial charge >= 0.3 is 5.97 Å². The molecule has 3 rings (SSSR count). The number of methoxy groups -OCH3 is 1. The van der Waals surface area contributed by atoms with E-state index < -0.39 is 6.10 Å². The molecule has 30 heavy (non-hydrogen) atoms. The summed E-state index contributed by atoms with van der Waals surface area (Å²) in [6.07, 6.45) is 2.62. The Bertz CT molecular complexity index is 836. The molecule has 0 fully saturated rings. The van der Waals surface area contributed by atoms with Crippen LogP contribution in [0.3, 0.4) is 0 Å². The Labute approximate surface area is 177 Å². The molecule has 6 heteroatoms. The van der Waals surface area contributed by atoms with Crippen molar-refractivity contribution >= 4 is 11.7 Å². The molecule has 1 heterocycles. The molecule has 2 aromatic rings. The van der Waals surface area contributed by atoms with E-state index >= 15 is 0 Å². The Kier molecular flexibility index (Phi) is 8.27. The van der Waals surface area contributed by atoms with Crippen molar-refractivity contribution in [1.29, 1.82) is 0 Å². The first-order valence-electron chi connectivity index (χ1n) is 10.4. The number of oxime groups is 1. The average molecular weight is 411 g/mol. The number of carbonyl (C=O) groups is 1. The highest BCUT2D eigenvalue weighted by atomic mass is 16.7. The van der Waals surface area contributed by atoms with Gasteiger partial charge in [-0.2, -0.15) is 0 Å². The average Bonchev–Trinajstić information content (AvgIpc) is 3.27. The minimum Gasteiger partial charge on any atom is -0.494 e. The van der Waals surface area contributed by atoms with Crippen LogP contribution in [0, 0.1) is 0 Å². The topological polar surface area (TPSA) is 66.4 Å². The molecule has 0 bridgehead atoms. The SMILES string of the molecule is CCOC(=O)C1CC(c2cccc(OCCCC(Cc3ccccc3)OC)c2)=NO1. The minimum atomic E-state index is -0.667. The lowest BCUT2D eigenvalue weighted by atomic mass is 10.0. The number of carbonyl (C=O) groups excluding carboxylic acids is 1. The molecule has 0 saturated heterocycles. The summed E-state index contributed by atoms with van der Waals surface area (Å²) in [6, 6.07) is 18.1. The van der Waals surface area contributed by atoms with Crippen molar-refractivity contribution < 1.29 is 23.8 Å². The van der Waals surface area contributed by atoms with E-state index in [2.05, 4.69) is 17.3 Å². The smallest absolute Gasteiger partial charge is 0.350 e. The van der Waals surface area contributed by atoms with Gasteiger partial charge in [0.05, 0.1) is 25.0 Å². The summed E-state index contributed by atoms with van der Waals surface area (Å²) in [5.41, 5.74) is 2.89. The molecule has 0 radical (unpaired) electrons. The summed E-state index contributed by atoms with van der Waals surface area (Å²) >= 11 is 0. The van der Waals surface area contributed by atoms with Crippen LogP contribution in [0.5, 0.6) is 5.75 Å². The lowest BCUT2D eigenvalue weighted by Gasteiger charge is -2.15. The molecule has 0 saturated carbocycles. The van der Waals surface area contributed by atoms with Crippen molar-refractivity contribution in [3.05, 3.63) is 65.7 Å². The zero-order valence-electron chi connectivity index (χ0n) is 17.6. The number of nitrogens with zero attached hydrogens (tertiary/aromatic N) is 1. The van der Waals surface area contributed by atoms with Crippen molar-refractivity contribution in [1.82, 2.24) is 0 Å². The third kappa shape index (κ3) is 6.32. The maximum absolute atomic E-state index is 11.8. The number of ether oxygens (including phenoxy) is 3. The Morgan fingerprint density at radius 3 is 2.80 bits per heavy atom. The van der Waals surface area contributed by atoms with Gasteiger partial charge < -0.3 is 19.0 Å². The van der Waals surface area contributed by atoms with Gasteiger partial charge in [0.2, 0.25) is 6.10 Å². The standard InChI is InChI=1S/C24H29NO5/c1-3-28-24(26)23-17-22(25-30-23)19-11-7-12-21(16-19)29-14-8-13-20(27-2)15-18-9-5-4-6-10-18/h4-7,9-12,16,20,23H,3,8,13-15,17H2,1-2H3. The molecule has 1 aliphatic heterocycles. The van der Waals surface area contributed by atoms with Gasteiger partial charge in [0.1, 0.15) is 5.75 Å². The fourth-order valence-corrected chi connectivity index (χ4v) is 3.36. The molecule has 2 aromatic carbocycles. The maximum Gasteiger partial charge on any atom is 0.350 e. The Balaban J connectivity index is 1.45.